The number of hydrogen-bond donors (Lipinski definition) is 1. The summed E-state index contributed by atoms with van der Waals surface area (Å²) in [6, 6.07) is 16.4. The number of amides is 2. The van der Waals surface area contributed by atoms with Crippen LogP contribution in [-0.4, -0.2) is 50.9 Å². The Bertz CT molecular complexity index is 1530. The number of methoxy groups -OCH3 is 1. The van der Waals surface area contributed by atoms with Gasteiger partial charge in [-0.1, -0.05) is 78.8 Å². The molecule has 2 amide bonds. The van der Waals surface area contributed by atoms with Crippen LogP contribution in [0.2, 0.25) is 15.1 Å². The molecule has 43 heavy (non-hydrogen) atoms. The maximum Gasteiger partial charge on any atom is 0.264 e. The summed E-state index contributed by atoms with van der Waals surface area (Å²) >= 11 is 19.3. The number of carbonyl (C=O) groups is 2. The fourth-order valence-electron chi connectivity index (χ4n) is 5.23. The van der Waals surface area contributed by atoms with Crippen molar-refractivity contribution in [1.82, 2.24) is 10.2 Å². The molecule has 1 aliphatic carbocycles. The molecule has 0 spiro atoms. The van der Waals surface area contributed by atoms with E-state index in [1.807, 2.05) is 0 Å². The molecular weight excluding hydrogens is 633 g/mol. The van der Waals surface area contributed by atoms with Gasteiger partial charge in [-0.15, -0.1) is 0 Å². The van der Waals surface area contributed by atoms with Crippen LogP contribution in [0.1, 0.15) is 44.6 Å². The van der Waals surface area contributed by atoms with Gasteiger partial charge in [0, 0.05) is 33.2 Å². The summed E-state index contributed by atoms with van der Waals surface area (Å²) in [4.78, 5) is 29.3. The predicted octanol–water partition coefficient (Wildman–Crippen LogP) is 6.72. The average Bonchev–Trinajstić information content (AvgIpc) is 3.50. The Morgan fingerprint density at radius 1 is 0.977 bits per heavy atom. The van der Waals surface area contributed by atoms with Crippen LogP contribution in [0, 0.1) is 0 Å². The van der Waals surface area contributed by atoms with Crippen molar-refractivity contribution < 1.29 is 22.7 Å². The van der Waals surface area contributed by atoms with Crippen molar-refractivity contribution in [1.29, 1.82) is 0 Å². The van der Waals surface area contributed by atoms with E-state index in [1.54, 1.807) is 49.4 Å². The fraction of sp³-hybridized carbons (Fsp3) is 0.355. The lowest BCUT2D eigenvalue weighted by Gasteiger charge is -2.34. The Labute approximate surface area is 267 Å². The van der Waals surface area contributed by atoms with Gasteiger partial charge in [-0.3, -0.25) is 13.9 Å². The molecule has 4 rings (SSSR count). The first-order chi connectivity index (χ1) is 20.6. The zero-order valence-electron chi connectivity index (χ0n) is 23.9. The first-order valence-electron chi connectivity index (χ1n) is 14.0. The molecule has 3 aromatic rings. The van der Waals surface area contributed by atoms with Gasteiger partial charge in [0.2, 0.25) is 11.8 Å². The largest absolute Gasteiger partial charge is 0.495 e. The van der Waals surface area contributed by atoms with Gasteiger partial charge < -0.3 is 15.0 Å². The van der Waals surface area contributed by atoms with Crippen LogP contribution in [0.5, 0.6) is 5.75 Å². The van der Waals surface area contributed by atoms with Crippen LogP contribution in [0.3, 0.4) is 0 Å². The summed E-state index contributed by atoms with van der Waals surface area (Å²) in [5.74, 6) is -0.752. The van der Waals surface area contributed by atoms with Crippen LogP contribution in [0.15, 0.2) is 71.6 Å². The van der Waals surface area contributed by atoms with Crippen molar-refractivity contribution in [3.8, 4) is 5.75 Å². The molecule has 0 aliphatic heterocycles. The van der Waals surface area contributed by atoms with Gasteiger partial charge in [0.05, 0.1) is 17.7 Å². The number of carbonyl (C=O) groups excluding carboxylic acids is 2. The van der Waals surface area contributed by atoms with Crippen molar-refractivity contribution >= 4 is 62.3 Å². The van der Waals surface area contributed by atoms with E-state index in [-0.39, 0.29) is 46.3 Å². The molecule has 230 valence electrons. The average molecular weight is 667 g/mol. The van der Waals surface area contributed by atoms with Gasteiger partial charge >= 0.3 is 0 Å². The predicted molar refractivity (Wildman–Crippen MR) is 170 cm³/mol. The summed E-state index contributed by atoms with van der Waals surface area (Å²) in [6.45, 7) is 1.04. The standard InChI is InChI=1S/C31H34Cl3N3O5S/c1-3-27(31(39)35-22-10-7-8-11-22)36(19-24-25(33)14-9-15-26(24)34)30(38)20-37(28-18-21(32)16-17-29(28)42-2)43(40,41)23-12-5-4-6-13-23/h4-6,9,12-18,22,27H,3,7-8,10-11,19-20H2,1-2H3,(H,35,39). The summed E-state index contributed by atoms with van der Waals surface area (Å²) in [5.41, 5.74) is 0.524. The second-order valence-corrected chi connectivity index (χ2v) is 13.4. The van der Waals surface area contributed by atoms with Gasteiger partial charge in [-0.05, 0) is 61.7 Å². The SMILES string of the molecule is CCC(C(=O)NC1CCCC1)N(Cc1c(Cl)cccc1Cl)C(=O)CN(c1cc(Cl)ccc1OC)S(=O)(=O)c1ccccc1. The number of sulfonamides is 1. The zero-order chi connectivity index (χ0) is 31.1. The number of anilines is 1. The molecular formula is C31H34Cl3N3O5S. The summed E-state index contributed by atoms with van der Waals surface area (Å²) in [6.07, 6.45) is 4.05. The third-order valence-electron chi connectivity index (χ3n) is 7.50. The normalized spacial score (nSPS) is 14.3. The van der Waals surface area contributed by atoms with E-state index < -0.39 is 28.5 Å². The maximum absolute atomic E-state index is 14.3. The van der Waals surface area contributed by atoms with Gasteiger partial charge in [0.25, 0.3) is 10.0 Å². The van der Waals surface area contributed by atoms with E-state index in [9.17, 15) is 18.0 Å². The van der Waals surface area contributed by atoms with Crippen LogP contribution in [0.25, 0.3) is 0 Å². The number of nitrogens with zero attached hydrogens (tertiary/aromatic N) is 2. The van der Waals surface area contributed by atoms with Crippen molar-refractivity contribution in [3.05, 3.63) is 87.4 Å². The number of hydrogen-bond acceptors (Lipinski definition) is 5. The van der Waals surface area contributed by atoms with Crippen LogP contribution in [0.4, 0.5) is 5.69 Å². The Hall–Kier alpha value is -2.98. The third kappa shape index (κ3) is 7.76. The lowest BCUT2D eigenvalue weighted by atomic mass is 10.1. The van der Waals surface area contributed by atoms with Crippen LogP contribution < -0.4 is 14.4 Å². The smallest absolute Gasteiger partial charge is 0.264 e. The molecule has 1 atom stereocenters. The molecule has 1 fully saturated rings. The molecule has 1 unspecified atom stereocenters. The zero-order valence-corrected chi connectivity index (χ0v) is 27.0. The van der Waals surface area contributed by atoms with Crippen LogP contribution >= 0.6 is 34.8 Å². The van der Waals surface area contributed by atoms with E-state index in [0.29, 0.717) is 15.6 Å². The van der Waals surface area contributed by atoms with E-state index in [0.717, 1.165) is 30.0 Å². The highest BCUT2D eigenvalue weighted by atomic mass is 35.5. The number of nitrogens with one attached hydrogen (secondary N) is 1. The van der Waals surface area contributed by atoms with Crippen LogP contribution in [-0.2, 0) is 26.2 Å². The van der Waals surface area contributed by atoms with Crippen molar-refractivity contribution in [2.24, 2.45) is 0 Å². The first-order valence-corrected chi connectivity index (χ1v) is 16.6. The van der Waals surface area contributed by atoms with E-state index in [2.05, 4.69) is 5.32 Å². The number of benzene rings is 3. The summed E-state index contributed by atoms with van der Waals surface area (Å²) < 4.78 is 34.6. The summed E-state index contributed by atoms with van der Waals surface area (Å²) in [7, 11) is -2.90. The second-order valence-electron chi connectivity index (χ2n) is 10.3. The quantitative estimate of drug-likeness (QED) is 0.232. The molecule has 12 heteroatoms. The molecule has 1 saturated carbocycles. The molecule has 8 nitrogen and oxygen atoms in total. The molecule has 0 aromatic heterocycles. The lowest BCUT2D eigenvalue weighted by Crippen LogP contribution is -2.53. The van der Waals surface area contributed by atoms with Gasteiger partial charge in [-0.25, -0.2) is 8.42 Å². The third-order valence-corrected chi connectivity index (χ3v) is 10.2. The Kier molecular flexibility index (Phi) is 11.2. The second kappa shape index (κ2) is 14.7. The number of halogens is 3. The Balaban J connectivity index is 1.79. The minimum Gasteiger partial charge on any atom is -0.495 e. The fourth-order valence-corrected chi connectivity index (χ4v) is 7.35. The molecule has 1 aliphatic rings. The Morgan fingerprint density at radius 3 is 2.23 bits per heavy atom. The Morgan fingerprint density at radius 2 is 1.63 bits per heavy atom. The monoisotopic (exact) mass is 665 g/mol. The van der Waals surface area contributed by atoms with Gasteiger partial charge in [0.15, 0.2) is 0 Å². The molecule has 3 aromatic carbocycles. The van der Waals surface area contributed by atoms with E-state index in [1.165, 1.54) is 36.3 Å². The van der Waals surface area contributed by atoms with Gasteiger partial charge in [-0.2, -0.15) is 0 Å². The highest BCUT2D eigenvalue weighted by molar-refractivity contribution is 7.92. The minimum absolute atomic E-state index is 0.0214. The van der Waals surface area contributed by atoms with Crippen molar-refractivity contribution in [2.45, 2.75) is 62.6 Å². The van der Waals surface area contributed by atoms with Crippen molar-refractivity contribution in [3.63, 3.8) is 0 Å². The topological polar surface area (TPSA) is 96.0 Å². The van der Waals surface area contributed by atoms with Crippen molar-refractivity contribution in [2.75, 3.05) is 18.0 Å². The van der Waals surface area contributed by atoms with Gasteiger partial charge in [0.1, 0.15) is 18.3 Å². The maximum atomic E-state index is 14.3. The lowest BCUT2D eigenvalue weighted by molar-refractivity contribution is -0.140. The number of ether oxygens (including phenoxy) is 1. The summed E-state index contributed by atoms with van der Waals surface area (Å²) in [5, 5.41) is 3.97. The highest BCUT2D eigenvalue weighted by Gasteiger charge is 2.36. The van der Waals surface area contributed by atoms with E-state index >= 15 is 0 Å². The highest BCUT2D eigenvalue weighted by Crippen LogP contribution is 2.35. The number of rotatable bonds is 12. The minimum atomic E-state index is -4.30. The molecule has 1 N–H and O–H groups in total. The first kappa shape index (κ1) is 32.9. The molecule has 0 saturated heterocycles. The molecule has 0 bridgehead atoms. The molecule has 0 radical (unpaired) electrons. The van der Waals surface area contributed by atoms with E-state index in [4.69, 9.17) is 39.5 Å². The molecule has 0 heterocycles.